The number of benzene rings is 2. The summed E-state index contributed by atoms with van der Waals surface area (Å²) in [6.45, 7) is 9.12. The van der Waals surface area contributed by atoms with E-state index in [9.17, 15) is 4.79 Å². The second-order valence-corrected chi connectivity index (χ2v) is 8.30. The van der Waals surface area contributed by atoms with Gasteiger partial charge in [-0.1, -0.05) is 53.7 Å². The summed E-state index contributed by atoms with van der Waals surface area (Å²) in [5.41, 5.74) is 4.59. The summed E-state index contributed by atoms with van der Waals surface area (Å²) in [7, 11) is 0. The molecule has 162 valence electrons. The molecular formula is C26H31N3O2. The minimum Gasteiger partial charge on any atom is -0.341 e. The fourth-order valence-corrected chi connectivity index (χ4v) is 4.03. The molecule has 0 N–H and O–H groups in total. The van der Waals surface area contributed by atoms with Crippen molar-refractivity contribution in [1.29, 1.82) is 0 Å². The minimum atomic E-state index is 0.0794. The molecule has 0 radical (unpaired) electrons. The van der Waals surface area contributed by atoms with Gasteiger partial charge in [0.2, 0.25) is 5.88 Å². The molecule has 0 saturated heterocycles. The lowest BCUT2D eigenvalue weighted by atomic mass is 10.0. The molecule has 0 unspecified atom stereocenters. The monoisotopic (exact) mass is 417 g/mol. The molecule has 1 aliphatic rings. The Bertz CT molecular complexity index is 1020. The van der Waals surface area contributed by atoms with Crippen LogP contribution in [0.15, 0.2) is 59.1 Å². The SMILES string of the molecule is CCN(CC)c1onc(-c2ccccc2)c1CN(CC1CC1)C(=O)c1ccccc1C. The van der Waals surface area contributed by atoms with E-state index in [1.54, 1.807) is 0 Å². The highest BCUT2D eigenvalue weighted by Crippen LogP contribution is 2.35. The van der Waals surface area contributed by atoms with Crippen molar-refractivity contribution in [2.75, 3.05) is 24.5 Å². The van der Waals surface area contributed by atoms with E-state index in [-0.39, 0.29) is 5.91 Å². The molecule has 1 heterocycles. The fourth-order valence-electron chi connectivity index (χ4n) is 4.03. The van der Waals surface area contributed by atoms with Gasteiger partial charge in [-0.2, -0.15) is 0 Å². The van der Waals surface area contributed by atoms with Gasteiger partial charge in [0.05, 0.1) is 12.1 Å². The number of rotatable bonds is 9. The van der Waals surface area contributed by atoms with Crippen molar-refractivity contribution in [2.24, 2.45) is 5.92 Å². The molecule has 31 heavy (non-hydrogen) atoms. The van der Waals surface area contributed by atoms with E-state index < -0.39 is 0 Å². The topological polar surface area (TPSA) is 49.6 Å². The predicted octanol–water partition coefficient (Wildman–Crippen LogP) is 5.55. The third-order valence-corrected chi connectivity index (χ3v) is 6.05. The van der Waals surface area contributed by atoms with Gasteiger partial charge in [-0.3, -0.25) is 4.79 Å². The molecular weight excluding hydrogens is 386 g/mol. The van der Waals surface area contributed by atoms with Gasteiger partial charge < -0.3 is 14.3 Å². The lowest BCUT2D eigenvalue weighted by Crippen LogP contribution is -2.34. The average molecular weight is 418 g/mol. The summed E-state index contributed by atoms with van der Waals surface area (Å²) in [5.74, 6) is 1.43. The molecule has 4 rings (SSSR count). The summed E-state index contributed by atoms with van der Waals surface area (Å²) in [4.78, 5) is 17.7. The first-order chi connectivity index (χ1) is 15.1. The zero-order chi connectivity index (χ0) is 21.8. The Kier molecular flexibility index (Phi) is 6.40. The Balaban J connectivity index is 1.74. The van der Waals surface area contributed by atoms with Crippen molar-refractivity contribution >= 4 is 11.8 Å². The second kappa shape index (κ2) is 9.38. The third-order valence-electron chi connectivity index (χ3n) is 6.05. The molecule has 1 amide bonds. The van der Waals surface area contributed by atoms with Crippen molar-refractivity contribution in [2.45, 2.75) is 40.2 Å². The first kappa shape index (κ1) is 21.2. The zero-order valence-corrected chi connectivity index (χ0v) is 18.7. The molecule has 1 aromatic heterocycles. The Morgan fingerprint density at radius 1 is 1.03 bits per heavy atom. The second-order valence-electron chi connectivity index (χ2n) is 8.30. The van der Waals surface area contributed by atoms with Gasteiger partial charge in [0.1, 0.15) is 5.69 Å². The van der Waals surface area contributed by atoms with E-state index in [1.807, 2.05) is 66.4 Å². The minimum absolute atomic E-state index is 0.0794. The number of carbonyl (C=O) groups excluding carboxylic acids is 1. The van der Waals surface area contributed by atoms with Crippen molar-refractivity contribution in [3.63, 3.8) is 0 Å². The third kappa shape index (κ3) is 4.66. The first-order valence-corrected chi connectivity index (χ1v) is 11.3. The van der Waals surface area contributed by atoms with Gasteiger partial charge >= 0.3 is 0 Å². The number of hydrogen-bond acceptors (Lipinski definition) is 4. The quantitative estimate of drug-likeness (QED) is 0.458. The number of aryl methyl sites for hydroxylation is 1. The highest BCUT2D eigenvalue weighted by molar-refractivity contribution is 5.95. The van der Waals surface area contributed by atoms with Crippen molar-refractivity contribution in [3.8, 4) is 11.3 Å². The number of amides is 1. The lowest BCUT2D eigenvalue weighted by molar-refractivity contribution is 0.0734. The maximum atomic E-state index is 13.6. The molecule has 0 atom stereocenters. The molecule has 1 aliphatic carbocycles. The van der Waals surface area contributed by atoms with E-state index in [0.717, 1.165) is 53.5 Å². The van der Waals surface area contributed by atoms with E-state index in [2.05, 4.69) is 23.9 Å². The highest BCUT2D eigenvalue weighted by Gasteiger charge is 2.31. The highest BCUT2D eigenvalue weighted by atomic mass is 16.5. The summed E-state index contributed by atoms with van der Waals surface area (Å²) < 4.78 is 5.86. The van der Waals surface area contributed by atoms with Gasteiger partial charge in [-0.25, -0.2) is 0 Å². The lowest BCUT2D eigenvalue weighted by Gasteiger charge is -2.25. The van der Waals surface area contributed by atoms with Crippen LogP contribution in [-0.4, -0.2) is 35.6 Å². The van der Waals surface area contributed by atoms with E-state index in [0.29, 0.717) is 12.5 Å². The maximum absolute atomic E-state index is 13.6. The summed E-state index contributed by atoms with van der Waals surface area (Å²) >= 11 is 0. The van der Waals surface area contributed by atoms with Crippen LogP contribution in [0.25, 0.3) is 11.3 Å². The van der Waals surface area contributed by atoms with Crippen LogP contribution < -0.4 is 4.90 Å². The van der Waals surface area contributed by atoms with E-state index in [4.69, 9.17) is 4.52 Å². The first-order valence-electron chi connectivity index (χ1n) is 11.3. The average Bonchev–Trinajstić information content (AvgIpc) is 3.53. The van der Waals surface area contributed by atoms with Crippen LogP contribution in [0.1, 0.15) is 48.2 Å². The standard InChI is InChI=1S/C26H31N3O2/c1-4-28(5-2)26-23(24(27-31-26)21-12-7-6-8-13-21)18-29(17-20-15-16-20)25(30)22-14-10-9-11-19(22)3/h6-14,20H,4-5,15-18H2,1-3H3. The summed E-state index contributed by atoms with van der Waals surface area (Å²) in [5, 5.41) is 4.45. The molecule has 2 aromatic carbocycles. The van der Waals surface area contributed by atoms with Gasteiger partial charge in [0.15, 0.2) is 0 Å². The van der Waals surface area contributed by atoms with Crippen molar-refractivity contribution in [3.05, 3.63) is 71.3 Å². The summed E-state index contributed by atoms with van der Waals surface area (Å²) in [6, 6.07) is 17.9. The van der Waals surface area contributed by atoms with Gasteiger partial charge in [0.25, 0.3) is 5.91 Å². The predicted molar refractivity (Wildman–Crippen MR) is 124 cm³/mol. The van der Waals surface area contributed by atoms with Crippen LogP contribution in [0.3, 0.4) is 0 Å². The number of nitrogens with zero attached hydrogens (tertiary/aromatic N) is 3. The Hall–Kier alpha value is -3.08. The molecule has 1 fully saturated rings. The largest absolute Gasteiger partial charge is 0.341 e. The van der Waals surface area contributed by atoms with Crippen LogP contribution in [0, 0.1) is 12.8 Å². The maximum Gasteiger partial charge on any atom is 0.254 e. The van der Waals surface area contributed by atoms with Crippen LogP contribution >= 0.6 is 0 Å². The molecule has 3 aromatic rings. The Morgan fingerprint density at radius 3 is 2.35 bits per heavy atom. The molecule has 0 aliphatic heterocycles. The number of carbonyl (C=O) groups is 1. The van der Waals surface area contributed by atoms with Crippen LogP contribution in [0.2, 0.25) is 0 Å². The Morgan fingerprint density at radius 2 is 1.71 bits per heavy atom. The smallest absolute Gasteiger partial charge is 0.254 e. The van der Waals surface area contributed by atoms with Crippen molar-refractivity contribution < 1.29 is 9.32 Å². The van der Waals surface area contributed by atoms with E-state index >= 15 is 0 Å². The van der Waals surface area contributed by atoms with Crippen LogP contribution in [0.5, 0.6) is 0 Å². The zero-order valence-electron chi connectivity index (χ0n) is 18.7. The molecule has 5 heteroatoms. The summed E-state index contributed by atoms with van der Waals surface area (Å²) in [6.07, 6.45) is 2.38. The van der Waals surface area contributed by atoms with E-state index in [1.165, 1.54) is 12.8 Å². The van der Waals surface area contributed by atoms with Gasteiger partial charge in [-0.05, 0) is 51.2 Å². The van der Waals surface area contributed by atoms with Crippen molar-refractivity contribution in [1.82, 2.24) is 10.1 Å². The van der Waals surface area contributed by atoms with Crippen LogP contribution in [0.4, 0.5) is 5.88 Å². The fraction of sp³-hybridized carbons (Fsp3) is 0.385. The van der Waals surface area contributed by atoms with Gasteiger partial charge in [0, 0.05) is 30.8 Å². The normalized spacial score (nSPS) is 13.3. The molecule has 5 nitrogen and oxygen atoms in total. The van der Waals surface area contributed by atoms with Crippen LogP contribution in [-0.2, 0) is 6.54 Å². The molecule has 0 bridgehead atoms. The molecule has 0 spiro atoms. The number of aromatic nitrogens is 1. The number of hydrogen-bond donors (Lipinski definition) is 0. The Labute approximate surface area is 184 Å². The molecule has 1 saturated carbocycles. The van der Waals surface area contributed by atoms with Gasteiger partial charge in [-0.15, -0.1) is 0 Å². The number of anilines is 1.